The second-order valence-corrected chi connectivity index (χ2v) is 5.56. The summed E-state index contributed by atoms with van der Waals surface area (Å²) in [5.74, 6) is 0. The van der Waals surface area contributed by atoms with Crippen molar-refractivity contribution >= 4 is 34.0 Å². The molecule has 0 N–H and O–H groups in total. The highest BCUT2D eigenvalue weighted by Crippen LogP contribution is 2.36. The van der Waals surface area contributed by atoms with Crippen LogP contribution in [0.25, 0.3) is 39.6 Å². The lowest BCUT2D eigenvalue weighted by Gasteiger charge is -2.08. The fourth-order valence-corrected chi connectivity index (χ4v) is 3.36. The average Bonchev–Trinajstić information content (AvgIpc) is 2.96. The van der Waals surface area contributed by atoms with Crippen LogP contribution < -0.4 is 0 Å². The van der Waals surface area contributed by atoms with E-state index in [4.69, 9.17) is 0 Å². The predicted octanol–water partition coefficient (Wildman–Crippen LogP) is 6.07. The van der Waals surface area contributed by atoms with Crippen molar-refractivity contribution in [2.45, 2.75) is 0 Å². The highest BCUT2D eigenvalue weighted by Gasteiger charge is 2.15. The standard InChI is InChI=1S/C22H17N/c1-3-16-14-15-21-22(18(16)4-2)19-12-8-9-13-20(19)23(21)17-10-6-5-7-11-17/h3-15H,1-2H2. The van der Waals surface area contributed by atoms with Gasteiger partial charge in [-0.05, 0) is 35.4 Å². The Balaban J connectivity index is 2.26. The van der Waals surface area contributed by atoms with E-state index in [2.05, 4.69) is 78.4 Å². The summed E-state index contributed by atoms with van der Waals surface area (Å²) in [5.41, 5.74) is 5.82. The Labute approximate surface area is 135 Å². The fraction of sp³-hybridized carbons (Fsp3) is 0. The lowest BCUT2D eigenvalue weighted by molar-refractivity contribution is 1.18. The first-order valence-electron chi connectivity index (χ1n) is 7.71. The minimum absolute atomic E-state index is 1.11. The third kappa shape index (κ3) is 1.94. The number of fused-ring (bicyclic) bond motifs is 3. The normalized spacial score (nSPS) is 11.0. The molecule has 0 bridgehead atoms. The Morgan fingerprint density at radius 2 is 1.43 bits per heavy atom. The third-order valence-electron chi connectivity index (χ3n) is 4.35. The lowest BCUT2D eigenvalue weighted by Crippen LogP contribution is -1.93. The zero-order valence-corrected chi connectivity index (χ0v) is 12.9. The van der Waals surface area contributed by atoms with E-state index in [-0.39, 0.29) is 0 Å². The Morgan fingerprint density at radius 1 is 0.696 bits per heavy atom. The van der Waals surface area contributed by atoms with E-state index < -0.39 is 0 Å². The zero-order chi connectivity index (χ0) is 15.8. The van der Waals surface area contributed by atoms with Crippen molar-refractivity contribution in [1.82, 2.24) is 4.57 Å². The van der Waals surface area contributed by atoms with Gasteiger partial charge in [-0.3, -0.25) is 0 Å². The van der Waals surface area contributed by atoms with Crippen LogP contribution in [-0.4, -0.2) is 4.57 Å². The van der Waals surface area contributed by atoms with E-state index >= 15 is 0 Å². The first kappa shape index (κ1) is 13.6. The molecule has 4 rings (SSSR count). The van der Waals surface area contributed by atoms with E-state index in [0.29, 0.717) is 0 Å². The van der Waals surface area contributed by atoms with Gasteiger partial charge in [-0.1, -0.05) is 67.8 Å². The minimum Gasteiger partial charge on any atom is -0.309 e. The van der Waals surface area contributed by atoms with Crippen molar-refractivity contribution in [1.29, 1.82) is 0 Å². The first-order valence-corrected chi connectivity index (χ1v) is 7.71. The summed E-state index contributed by atoms with van der Waals surface area (Å²) in [6.45, 7) is 7.96. The molecule has 1 aromatic heterocycles. The molecular weight excluding hydrogens is 278 g/mol. The second kappa shape index (κ2) is 5.29. The Kier molecular flexibility index (Phi) is 3.13. The van der Waals surface area contributed by atoms with Crippen LogP contribution in [0.1, 0.15) is 11.1 Å². The van der Waals surface area contributed by atoms with Crippen LogP contribution in [0.4, 0.5) is 0 Å². The molecule has 1 nitrogen and oxygen atoms in total. The van der Waals surface area contributed by atoms with Crippen molar-refractivity contribution in [2.24, 2.45) is 0 Å². The molecule has 1 heterocycles. The molecular formula is C22H17N. The minimum atomic E-state index is 1.11. The predicted molar refractivity (Wildman–Crippen MR) is 101 cm³/mol. The van der Waals surface area contributed by atoms with Gasteiger partial charge in [0, 0.05) is 16.5 Å². The van der Waals surface area contributed by atoms with Crippen LogP contribution >= 0.6 is 0 Å². The first-order chi connectivity index (χ1) is 11.3. The molecule has 0 saturated carbocycles. The fourth-order valence-electron chi connectivity index (χ4n) is 3.36. The molecule has 0 radical (unpaired) electrons. The summed E-state index contributed by atoms with van der Waals surface area (Å²) in [4.78, 5) is 0. The smallest absolute Gasteiger partial charge is 0.0547 e. The summed E-state index contributed by atoms with van der Waals surface area (Å²) in [6.07, 6.45) is 3.83. The third-order valence-corrected chi connectivity index (χ3v) is 4.35. The van der Waals surface area contributed by atoms with Crippen molar-refractivity contribution < 1.29 is 0 Å². The van der Waals surface area contributed by atoms with Crippen LogP contribution in [0.3, 0.4) is 0 Å². The zero-order valence-electron chi connectivity index (χ0n) is 12.9. The monoisotopic (exact) mass is 295 g/mol. The van der Waals surface area contributed by atoms with Crippen molar-refractivity contribution in [3.63, 3.8) is 0 Å². The molecule has 0 unspecified atom stereocenters. The van der Waals surface area contributed by atoms with Gasteiger partial charge in [0.25, 0.3) is 0 Å². The Morgan fingerprint density at radius 3 is 2.17 bits per heavy atom. The van der Waals surface area contributed by atoms with Gasteiger partial charge < -0.3 is 4.57 Å². The number of rotatable bonds is 3. The summed E-state index contributed by atoms with van der Waals surface area (Å²) in [6, 6.07) is 23.3. The number of benzene rings is 3. The van der Waals surface area contributed by atoms with Crippen LogP contribution in [0.15, 0.2) is 79.9 Å². The van der Waals surface area contributed by atoms with Gasteiger partial charge in [0.1, 0.15) is 0 Å². The summed E-state index contributed by atoms with van der Waals surface area (Å²) in [5, 5.41) is 2.47. The molecule has 110 valence electrons. The van der Waals surface area contributed by atoms with Gasteiger partial charge in [0.2, 0.25) is 0 Å². The number of para-hydroxylation sites is 2. The lowest BCUT2D eigenvalue weighted by atomic mass is 10.0. The molecule has 23 heavy (non-hydrogen) atoms. The molecule has 1 heteroatoms. The van der Waals surface area contributed by atoms with Gasteiger partial charge in [0.05, 0.1) is 11.0 Å². The maximum atomic E-state index is 4.02. The van der Waals surface area contributed by atoms with Crippen LogP contribution in [0.5, 0.6) is 0 Å². The highest BCUT2D eigenvalue weighted by atomic mass is 15.0. The molecule has 3 aromatic carbocycles. The highest BCUT2D eigenvalue weighted by molar-refractivity contribution is 6.13. The number of hydrogen-bond acceptors (Lipinski definition) is 0. The van der Waals surface area contributed by atoms with Crippen molar-refractivity contribution in [3.05, 3.63) is 91.0 Å². The quantitative estimate of drug-likeness (QED) is 0.432. The molecule has 4 aromatic rings. The van der Waals surface area contributed by atoms with Gasteiger partial charge in [-0.2, -0.15) is 0 Å². The summed E-state index contributed by atoms with van der Waals surface area (Å²) < 4.78 is 2.31. The molecule has 0 amide bonds. The number of hydrogen-bond donors (Lipinski definition) is 0. The van der Waals surface area contributed by atoms with E-state index in [1.54, 1.807) is 0 Å². The Hall–Kier alpha value is -3.06. The SMILES string of the molecule is C=Cc1ccc2c(c1C=C)c1ccccc1n2-c1ccccc1. The van der Waals surface area contributed by atoms with Gasteiger partial charge in [0.15, 0.2) is 0 Å². The van der Waals surface area contributed by atoms with Crippen LogP contribution in [0.2, 0.25) is 0 Å². The number of aromatic nitrogens is 1. The summed E-state index contributed by atoms with van der Waals surface area (Å²) >= 11 is 0. The van der Waals surface area contributed by atoms with Crippen LogP contribution in [-0.2, 0) is 0 Å². The molecule has 0 aliphatic heterocycles. The van der Waals surface area contributed by atoms with Gasteiger partial charge >= 0.3 is 0 Å². The van der Waals surface area contributed by atoms with Crippen molar-refractivity contribution in [2.75, 3.05) is 0 Å². The summed E-state index contributed by atoms with van der Waals surface area (Å²) in [7, 11) is 0. The molecule has 0 aliphatic carbocycles. The van der Waals surface area contributed by atoms with E-state index in [0.717, 1.165) is 11.1 Å². The molecule has 0 saturated heterocycles. The largest absolute Gasteiger partial charge is 0.309 e. The number of nitrogens with zero attached hydrogens (tertiary/aromatic N) is 1. The van der Waals surface area contributed by atoms with E-state index in [9.17, 15) is 0 Å². The van der Waals surface area contributed by atoms with Crippen LogP contribution in [0, 0.1) is 0 Å². The topological polar surface area (TPSA) is 4.93 Å². The maximum absolute atomic E-state index is 4.02. The maximum Gasteiger partial charge on any atom is 0.0547 e. The Bertz CT molecular complexity index is 1040. The molecule has 0 atom stereocenters. The van der Waals surface area contributed by atoms with E-state index in [1.165, 1.54) is 27.5 Å². The molecule has 0 spiro atoms. The second-order valence-electron chi connectivity index (χ2n) is 5.56. The van der Waals surface area contributed by atoms with Gasteiger partial charge in [-0.15, -0.1) is 0 Å². The average molecular weight is 295 g/mol. The van der Waals surface area contributed by atoms with Gasteiger partial charge in [-0.25, -0.2) is 0 Å². The molecule has 0 aliphatic rings. The van der Waals surface area contributed by atoms with Crippen molar-refractivity contribution in [3.8, 4) is 5.69 Å². The molecule has 0 fully saturated rings. The van der Waals surface area contributed by atoms with E-state index in [1.807, 2.05) is 18.2 Å².